The molecular formula is C23H23N7O2S2. The molecule has 3 heterocycles. The number of nitrogens with two attached hydrogens (primary N) is 1. The van der Waals surface area contributed by atoms with E-state index < -0.39 is 10.0 Å². The Morgan fingerprint density at radius 2 is 1.71 bits per heavy atom. The lowest BCUT2D eigenvalue weighted by Gasteiger charge is -2.26. The molecular weight excluding hydrogens is 470 g/mol. The van der Waals surface area contributed by atoms with Gasteiger partial charge in [-0.25, -0.2) is 23.4 Å². The van der Waals surface area contributed by atoms with E-state index in [9.17, 15) is 8.42 Å². The summed E-state index contributed by atoms with van der Waals surface area (Å²) in [7, 11) is -3.48. The number of hydrogen-bond donors (Lipinski definition) is 3. The summed E-state index contributed by atoms with van der Waals surface area (Å²) >= 11 is 1.46. The van der Waals surface area contributed by atoms with Gasteiger partial charge in [0.2, 0.25) is 16.0 Å². The fraction of sp³-hybridized carbons (Fsp3) is 0.174. The number of hydrogen-bond acceptors (Lipinski definition) is 9. The van der Waals surface area contributed by atoms with Crippen LogP contribution in [0.4, 0.5) is 16.8 Å². The first-order valence-corrected chi connectivity index (χ1v) is 13.0. The summed E-state index contributed by atoms with van der Waals surface area (Å²) in [4.78, 5) is 13.2. The van der Waals surface area contributed by atoms with Crippen LogP contribution in [-0.4, -0.2) is 53.9 Å². The van der Waals surface area contributed by atoms with Gasteiger partial charge in [-0.2, -0.15) is 4.31 Å². The number of benzene rings is 2. The minimum atomic E-state index is -3.48. The van der Waals surface area contributed by atoms with Crippen molar-refractivity contribution in [2.24, 2.45) is 0 Å². The first-order valence-electron chi connectivity index (χ1n) is 10.7. The zero-order chi connectivity index (χ0) is 23.5. The van der Waals surface area contributed by atoms with E-state index in [-0.39, 0.29) is 4.90 Å². The number of nitrogens with zero attached hydrogens (tertiary/aromatic N) is 4. The SMILES string of the molecule is Nc1nc2ccc(C=Cc3cnc(Nc4ccc(S(=O)(=O)N5CCNCC5)cc4)nc3)cc2s1. The number of piperazine rings is 1. The zero-order valence-corrected chi connectivity index (χ0v) is 19.8. The van der Waals surface area contributed by atoms with Gasteiger partial charge >= 0.3 is 0 Å². The summed E-state index contributed by atoms with van der Waals surface area (Å²) in [5, 5.41) is 6.82. The Labute approximate surface area is 201 Å². The second kappa shape index (κ2) is 9.47. The summed E-state index contributed by atoms with van der Waals surface area (Å²) in [6.45, 7) is 2.28. The van der Waals surface area contributed by atoms with E-state index in [1.165, 1.54) is 15.6 Å². The summed E-state index contributed by atoms with van der Waals surface area (Å²) in [5.74, 6) is 0.427. The van der Waals surface area contributed by atoms with Crippen molar-refractivity contribution in [3.8, 4) is 0 Å². The van der Waals surface area contributed by atoms with Crippen LogP contribution in [0.25, 0.3) is 22.4 Å². The summed E-state index contributed by atoms with van der Waals surface area (Å²) in [5.41, 5.74) is 9.26. The van der Waals surface area contributed by atoms with Gasteiger partial charge in [0.05, 0.1) is 15.1 Å². The maximum Gasteiger partial charge on any atom is 0.243 e. The fourth-order valence-corrected chi connectivity index (χ4v) is 5.84. The molecule has 1 aliphatic heterocycles. The Balaban J connectivity index is 1.23. The number of nitrogen functional groups attached to an aromatic ring is 1. The van der Waals surface area contributed by atoms with Gasteiger partial charge in [-0.05, 0) is 42.0 Å². The van der Waals surface area contributed by atoms with Crippen LogP contribution in [0.2, 0.25) is 0 Å². The number of rotatable bonds is 6. The second-order valence-electron chi connectivity index (χ2n) is 7.76. The Kier molecular flexibility index (Phi) is 6.24. The summed E-state index contributed by atoms with van der Waals surface area (Å²) in [6, 6.07) is 12.6. The van der Waals surface area contributed by atoms with Crippen molar-refractivity contribution in [2.45, 2.75) is 4.90 Å². The van der Waals surface area contributed by atoms with Crippen LogP contribution >= 0.6 is 11.3 Å². The highest BCUT2D eigenvalue weighted by atomic mass is 32.2. The molecule has 9 nitrogen and oxygen atoms in total. The molecule has 4 aromatic rings. The standard InChI is InChI=1S/C23H23N7O2S2/c24-22-29-20-8-3-16(13-21(20)33-22)1-2-17-14-26-23(27-15-17)28-18-4-6-19(7-5-18)34(31,32)30-11-9-25-10-12-30/h1-8,13-15,25H,9-12H2,(H2,24,29)(H,26,27,28). The van der Waals surface area contributed by atoms with Gasteiger partial charge in [-0.15, -0.1) is 0 Å². The molecule has 0 radical (unpaired) electrons. The molecule has 174 valence electrons. The minimum absolute atomic E-state index is 0.278. The van der Waals surface area contributed by atoms with E-state index in [0.29, 0.717) is 42.9 Å². The van der Waals surface area contributed by atoms with Crippen LogP contribution < -0.4 is 16.4 Å². The number of fused-ring (bicyclic) bond motifs is 1. The van der Waals surface area contributed by atoms with E-state index in [2.05, 4.69) is 25.6 Å². The van der Waals surface area contributed by atoms with Gasteiger partial charge < -0.3 is 16.4 Å². The molecule has 0 spiro atoms. The van der Waals surface area contributed by atoms with E-state index in [4.69, 9.17) is 5.73 Å². The Hall–Kier alpha value is -3.38. The molecule has 0 unspecified atom stereocenters. The fourth-order valence-electron chi connectivity index (χ4n) is 3.62. The average molecular weight is 494 g/mol. The van der Waals surface area contributed by atoms with Gasteiger partial charge in [-0.1, -0.05) is 29.6 Å². The Morgan fingerprint density at radius 3 is 2.44 bits per heavy atom. The highest BCUT2D eigenvalue weighted by Crippen LogP contribution is 2.25. The van der Waals surface area contributed by atoms with E-state index in [1.807, 2.05) is 30.4 Å². The summed E-state index contributed by atoms with van der Waals surface area (Å²) < 4.78 is 28.1. The molecule has 0 aliphatic carbocycles. The molecule has 0 saturated carbocycles. The van der Waals surface area contributed by atoms with Gasteiger partial charge in [-0.3, -0.25) is 0 Å². The van der Waals surface area contributed by atoms with Crippen molar-refractivity contribution in [1.82, 2.24) is 24.6 Å². The predicted molar refractivity (Wildman–Crippen MR) is 136 cm³/mol. The molecule has 2 aromatic carbocycles. The smallest absolute Gasteiger partial charge is 0.243 e. The van der Waals surface area contributed by atoms with Crippen LogP contribution in [0.3, 0.4) is 0 Å². The average Bonchev–Trinajstić information content (AvgIpc) is 3.24. The quantitative estimate of drug-likeness (QED) is 0.374. The molecule has 11 heteroatoms. The number of thiazole rings is 1. The first kappa shape index (κ1) is 22.4. The molecule has 4 N–H and O–H groups in total. The van der Waals surface area contributed by atoms with Gasteiger partial charge in [0, 0.05) is 49.8 Å². The van der Waals surface area contributed by atoms with Crippen molar-refractivity contribution < 1.29 is 8.42 Å². The van der Waals surface area contributed by atoms with E-state index in [0.717, 1.165) is 21.3 Å². The third-order valence-electron chi connectivity index (χ3n) is 5.39. The first-order chi connectivity index (χ1) is 16.5. The van der Waals surface area contributed by atoms with Crippen molar-refractivity contribution in [2.75, 3.05) is 37.2 Å². The third-order valence-corrected chi connectivity index (χ3v) is 8.15. The molecule has 5 rings (SSSR count). The van der Waals surface area contributed by atoms with E-state index >= 15 is 0 Å². The number of nitrogens with one attached hydrogen (secondary N) is 2. The van der Waals surface area contributed by atoms with E-state index in [1.54, 1.807) is 36.7 Å². The van der Waals surface area contributed by atoms with Crippen LogP contribution in [0, 0.1) is 0 Å². The molecule has 0 amide bonds. The number of anilines is 3. The highest BCUT2D eigenvalue weighted by molar-refractivity contribution is 7.89. The molecule has 1 fully saturated rings. The van der Waals surface area contributed by atoms with Gasteiger partial charge in [0.1, 0.15) is 0 Å². The van der Waals surface area contributed by atoms with Crippen LogP contribution in [-0.2, 0) is 10.0 Å². The van der Waals surface area contributed by atoms with Crippen LogP contribution in [0.5, 0.6) is 0 Å². The third kappa shape index (κ3) is 4.92. The van der Waals surface area contributed by atoms with Crippen LogP contribution in [0.1, 0.15) is 11.1 Å². The number of sulfonamides is 1. The maximum absolute atomic E-state index is 12.8. The van der Waals surface area contributed by atoms with Crippen LogP contribution in [0.15, 0.2) is 59.8 Å². The zero-order valence-electron chi connectivity index (χ0n) is 18.2. The predicted octanol–water partition coefficient (Wildman–Crippen LogP) is 3.18. The minimum Gasteiger partial charge on any atom is -0.375 e. The molecule has 0 atom stereocenters. The molecule has 1 aliphatic rings. The monoisotopic (exact) mass is 493 g/mol. The van der Waals surface area contributed by atoms with Crippen molar-refractivity contribution in [1.29, 1.82) is 0 Å². The maximum atomic E-state index is 12.8. The summed E-state index contributed by atoms with van der Waals surface area (Å²) in [6.07, 6.45) is 7.36. The van der Waals surface area contributed by atoms with Crippen molar-refractivity contribution in [3.05, 3.63) is 66.0 Å². The Bertz CT molecular complexity index is 1430. The molecule has 0 bridgehead atoms. The van der Waals surface area contributed by atoms with Crippen molar-refractivity contribution in [3.63, 3.8) is 0 Å². The largest absolute Gasteiger partial charge is 0.375 e. The second-order valence-corrected chi connectivity index (χ2v) is 10.8. The Morgan fingerprint density at radius 1 is 1.00 bits per heavy atom. The lowest BCUT2D eigenvalue weighted by atomic mass is 10.2. The lowest BCUT2D eigenvalue weighted by molar-refractivity contribution is 0.360. The molecule has 34 heavy (non-hydrogen) atoms. The normalized spacial score (nSPS) is 15.2. The highest BCUT2D eigenvalue weighted by Gasteiger charge is 2.25. The molecule has 1 saturated heterocycles. The van der Waals surface area contributed by atoms with Gasteiger partial charge in [0.25, 0.3) is 0 Å². The molecule has 2 aromatic heterocycles. The lowest BCUT2D eigenvalue weighted by Crippen LogP contribution is -2.46. The van der Waals surface area contributed by atoms with Gasteiger partial charge in [0.15, 0.2) is 5.13 Å². The topological polar surface area (TPSA) is 126 Å². The number of aromatic nitrogens is 3. The van der Waals surface area contributed by atoms with Crippen molar-refractivity contribution >= 4 is 60.5 Å².